The van der Waals surface area contributed by atoms with Crippen molar-refractivity contribution in [2.75, 3.05) is 20.6 Å². The van der Waals surface area contributed by atoms with Gasteiger partial charge >= 0.3 is 0 Å². The molecule has 1 aromatic rings. The quantitative estimate of drug-likeness (QED) is 0.381. The maximum Gasteiger partial charge on any atom is 0.249 e. The highest BCUT2D eigenvalue weighted by Crippen LogP contribution is 2.17. The van der Waals surface area contributed by atoms with E-state index < -0.39 is 12.0 Å². The van der Waals surface area contributed by atoms with Gasteiger partial charge in [-0.2, -0.15) is 0 Å². The number of nitrogens with one attached hydrogen (secondary N) is 1. The number of carbonyl (C=O) groups excluding carboxylic acids is 3. The summed E-state index contributed by atoms with van der Waals surface area (Å²) in [6.07, 6.45) is 2.45. The lowest BCUT2D eigenvalue weighted by atomic mass is 9.99. The first-order chi connectivity index (χ1) is 11.9. The topological polar surface area (TPSA) is 90.0 Å². The number of rotatable bonds is 10. The molecule has 0 bridgehead atoms. The van der Waals surface area contributed by atoms with Gasteiger partial charge in [-0.15, -0.1) is 0 Å². The molecule has 0 aliphatic carbocycles. The molecule has 2 atom stereocenters. The minimum Gasteiger partial charge on any atom is -0.347 e. The van der Waals surface area contributed by atoms with E-state index in [1.54, 1.807) is 38.4 Å². The Morgan fingerprint density at radius 3 is 2.40 bits per heavy atom. The van der Waals surface area contributed by atoms with Crippen LogP contribution in [-0.2, 0) is 14.4 Å². The van der Waals surface area contributed by atoms with Crippen LogP contribution in [-0.4, -0.2) is 54.0 Å². The number of hydrogen-bond acceptors (Lipinski definition) is 4. The zero-order chi connectivity index (χ0) is 18.8. The van der Waals surface area contributed by atoms with Gasteiger partial charge in [0.1, 0.15) is 6.04 Å². The van der Waals surface area contributed by atoms with Gasteiger partial charge < -0.3 is 10.2 Å². The van der Waals surface area contributed by atoms with Crippen molar-refractivity contribution in [3.63, 3.8) is 0 Å². The van der Waals surface area contributed by atoms with Gasteiger partial charge in [0.25, 0.3) is 0 Å². The van der Waals surface area contributed by atoms with Gasteiger partial charge in [0.2, 0.25) is 18.2 Å². The van der Waals surface area contributed by atoms with Gasteiger partial charge in [-0.25, -0.2) is 5.06 Å². The molecule has 0 saturated carbocycles. The number of unbranched alkanes of at least 4 members (excludes halogenated alkanes) is 1. The zero-order valence-electron chi connectivity index (χ0n) is 15.0. The largest absolute Gasteiger partial charge is 0.347 e. The molecule has 0 heterocycles. The highest BCUT2D eigenvalue weighted by molar-refractivity contribution is 5.89. The van der Waals surface area contributed by atoms with Crippen molar-refractivity contribution in [2.24, 2.45) is 5.92 Å². The number of hydroxylamine groups is 2. The third kappa shape index (κ3) is 6.54. The Hall–Kier alpha value is -2.41. The maximum absolute atomic E-state index is 12.7. The lowest BCUT2D eigenvalue weighted by Gasteiger charge is -2.25. The number of hydrogen-bond donors (Lipinski definition) is 2. The van der Waals surface area contributed by atoms with Gasteiger partial charge in [-0.05, 0) is 12.0 Å². The number of benzene rings is 1. The molecular formula is C18H27N3O4. The summed E-state index contributed by atoms with van der Waals surface area (Å²) >= 11 is 0. The van der Waals surface area contributed by atoms with Gasteiger partial charge in [-0.3, -0.25) is 19.6 Å². The van der Waals surface area contributed by atoms with Crippen molar-refractivity contribution in [2.45, 2.75) is 32.2 Å². The molecule has 0 radical (unpaired) electrons. The van der Waals surface area contributed by atoms with E-state index in [9.17, 15) is 19.6 Å². The first-order valence-corrected chi connectivity index (χ1v) is 8.38. The van der Waals surface area contributed by atoms with Crippen molar-refractivity contribution in [1.82, 2.24) is 15.3 Å². The molecule has 0 fully saturated rings. The van der Waals surface area contributed by atoms with Crippen LogP contribution in [0.3, 0.4) is 0 Å². The highest BCUT2D eigenvalue weighted by atomic mass is 16.5. The molecule has 0 aliphatic rings. The highest BCUT2D eigenvalue weighted by Gasteiger charge is 2.28. The van der Waals surface area contributed by atoms with Crippen LogP contribution < -0.4 is 5.32 Å². The Kier molecular flexibility index (Phi) is 8.63. The number of likely N-dealkylation sites (N-methyl/N-ethyl adjacent to an activating group) is 1. The molecule has 138 valence electrons. The summed E-state index contributed by atoms with van der Waals surface area (Å²) in [6.45, 7) is 1.89. The fourth-order valence-electron chi connectivity index (χ4n) is 2.48. The summed E-state index contributed by atoms with van der Waals surface area (Å²) in [5.74, 6) is -1.19. The van der Waals surface area contributed by atoms with Crippen LogP contribution in [0.15, 0.2) is 30.3 Å². The SMILES string of the molecule is CCCC[C@H](CN(O)C=O)C(=O)N[C@@H](C(=O)N(C)C)c1ccccc1. The Bertz CT molecular complexity index is 563. The van der Waals surface area contributed by atoms with E-state index in [0.29, 0.717) is 17.0 Å². The van der Waals surface area contributed by atoms with Crippen LogP contribution in [0.4, 0.5) is 0 Å². The summed E-state index contributed by atoms with van der Waals surface area (Å²) in [5, 5.41) is 12.7. The minimum absolute atomic E-state index is 0.104. The van der Waals surface area contributed by atoms with E-state index in [1.165, 1.54) is 4.90 Å². The molecule has 0 spiro atoms. The van der Waals surface area contributed by atoms with Crippen LogP contribution in [0.5, 0.6) is 0 Å². The van der Waals surface area contributed by atoms with Crippen LogP contribution in [0, 0.1) is 5.92 Å². The molecule has 3 amide bonds. The summed E-state index contributed by atoms with van der Waals surface area (Å²) in [6, 6.07) is 8.17. The summed E-state index contributed by atoms with van der Waals surface area (Å²) in [7, 11) is 3.25. The summed E-state index contributed by atoms with van der Waals surface area (Å²) in [4.78, 5) is 37.2. The van der Waals surface area contributed by atoms with Gasteiger partial charge in [0, 0.05) is 14.1 Å². The van der Waals surface area contributed by atoms with E-state index in [1.807, 2.05) is 13.0 Å². The lowest BCUT2D eigenvalue weighted by Crippen LogP contribution is -2.44. The minimum atomic E-state index is -0.809. The average molecular weight is 349 g/mol. The molecule has 1 aromatic carbocycles. The van der Waals surface area contributed by atoms with Crippen LogP contribution in [0.2, 0.25) is 0 Å². The van der Waals surface area contributed by atoms with Crippen molar-refractivity contribution in [3.8, 4) is 0 Å². The smallest absolute Gasteiger partial charge is 0.249 e. The summed E-state index contributed by atoms with van der Waals surface area (Å²) in [5.41, 5.74) is 0.681. The molecule has 0 saturated heterocycles. The molecule has 7 heteroatoms. The van der Waals surface area contributed by atoms with E-state index >= 15 is 0 Å². The van der Waals surface area contributed by atoms with E-state index in [2.05, 4.69) is 5.32 Å². The lowest BCUT2D eigenvalue weighted by molar-refractivity contribution is -0.155. The zero-order valence-corrected chi connectivity index (χ0v) is 15.0. The predicted molar refractivity (Wildman–Crippen MR) is 93.6 cm³/mol. The van der Waals surface area contributed by atoms with Gasteiger partial charge in [0.05, 0.1) is 12.5 Å². The Balaban J connectivity index is 2.96. The Morgan fingerprint density at radius 2 is 1.88 bits per heavy atom. The Labute approximate surface area is 148 Å². The standard InChI is InChI=1S/C18H27N3O4/c1-4-5-9-15(12-21(25)13-22)17(23)19-16(18(24)20(2)3)14-10-7-6-8-11-14/h6-8,10-11,13,15-16,25H,4-5,9,12H2,1-3H3,(H,19,23)/t15-,16-/m1/s1. The first kappa shape index (κ1) is 20.6. The molecule has 0 unspecified atom stereocenters. The van der Waals surface area contributed by atoms with Gasteiger partial charge in [0.15, 0.2) is 0 Å². The molecule has 25 heavy (non-hydrogen) atoms. The van der Waals surface area contributed by atoms with Crippen molar-refractivity contribution in [1.29, 1.82) is 0 Å². The van der Waals surface area contributed by atoms with Crippen molar-refractivity contribution in [3.05, 3.63) is 35.9 Å². The molecule has 2 N–H and O–H groups in total. The van der Waals surface area contributed by atoms with E-state index in [4.69, 9.17) is 0 Å². The maximum atomic E-state index is 12.7. The second-order valence-corrected chi connectivity index (χ2v) is 6.15. The second-order valence-electron chi connectivity index (χ2n) is 6.15. The average Bonchev–Trinajstić information content (AvgIpc) is 2.62. The van der Waals surface area contributed by atoms with E-state index in [-0.39, 0.29) is 24.8 Å². The van der Waals surface area contributed by atoms with Crippen molar-refractivity contribution < 1.29 is 19.6 Å². The van der Waals surface area contributed by atoms with Crippen LogP contribution >= 0.6 is 0 Å². The molecule has 0 aromatic heterocycles. The fraction of sp³-hybridized carbons (Fsp3) is 0.500. The van der Waals surface area contributed by atoms with Gasteiger partial charge in [-0.1, -0.05) is 50.1 Å². The second kappa shape index (κ2) is 10.5. The Morgan fingerprint density at radius 1 is 1.24 bits per heavy atom. The summed E-state index contributed by atoms with van der Waals surface area (Å²) < 4.78 is 0. The normalized spacial score (nSPS) is 12.8. The third-order valence-corrected chi connectivity index (χ3v) is 3.91. The molecular weight excluding hydrogens is 322 g/mol. The molecule has 0 aliphatic heterocycles. The van der Waals surface area contributed by atoms with Crippen LogP contribution in [0.25, 0.3) is 0 Å². The van der Waals surface area contributed by atoms with Crippen molar-refractivity contribution >= 4 is 18.2 Å². The monoisotopic (exact) mass is 349 g/mol. The molecule has 7 nitrogen and oxygen atoms in total. The van der Waals surface area contributed by atoms with E-state index in [0.717, 1.165) is 12.8 Å². The van der Waals surface area contributed by atoms with Crippen LogP contribution in [0.1, 0.15) is 37.8 Å². The number of amides is 3. The number of carbonyl (C=O) groups is 3. The third-order valence-electron chi connectivity index (χ3n) is 3.91. The molecule has 1 rings (SSSR count). The number of nitrogens with zero attached hydrogens (tertiary/aromatic N) is 2. The fourth-order valence-corrected chi connectivity index (χ4v) is 2.48. The predicted octanol–water partition coefficient (Wildman–Crippen LogP) is 1.59. The first-order valence-electron chi connectivity index (χ1n) is 8.38.